The summed E-state index contributed by atoms with van der Waals surface area (Å²) in [7, 11) is 0. The molecule has 2 aromatic heterocycles. The van der Waals surface area contributed by atoms with E-state index >= 15 is 0 Å². The van der Waals surface area contributed by atoms with Crippen LogP contribution in [-0.2, 0) is 6.42 Å². The van der Waals surface area contributed by atoms with Crippen molar-refractivity contribution in [2.75, 3.05) is 12.5 Å². The zero-order valence-corrected chi connectivity index (χ0v) is 15.7. The average Bonchev–Trinajstić information content (AvgIpc) is 3.05. The first kappa shape index (κ1) is 17.9. The van der Waals surface area contributed by atoms with Crippen LogP contribution in [0.5, 0.6) is 5.75 Å². The molecule has 2 heterocycles. The fourth-order valence-corrected chi connectivity index (χ4v) is 4.09. The van der Waals surface area contributed by atoms with Crippen LogP contribution in [0.15, 0.2) is 27.5 Å². The van der Waals surface area contributed by atoms with Crippen LogP contribution in [0.4, 0.5) is 0 Å². The van der Waals surface area contributed by atoms with E-state index in [9.17, 15) is 10.1 Å². The Hall–Kier alpha value is -2.49. The van der Waals surface area contributed by atoms with E-state index in [0.717, 1.165) is 36.0 Å². The van der Waals surface area contributed by atoms with E-state index in [1.165, 1.54) is 0 Å². The van der Waals surface area contributed by atoms with Crippen molar-refractivity contribution in [3.63, 3.8) is 0 Å². The number of hydrogen-bond donors (Lipinski definition) is 1. The van der Waals surface area contributed by atoms with Crippen molar-refractivity contribution < 1.29 is 9.15 Å². The maximum absolute atomic E-state index is 11.4. The van der Waals surface area contributed by atoms with Crippen LogP contribution in [0.2, 0.25) is 5.02 Å². The Morgan fingerprint density at radius 3 is 3.07 bits per heavy atom. The van der Waals surface area contributed by atoms with E-state index in [1.54, 1.807) is 6.20 Å². The molecule has 0 radical (unpaired) electrons. The maximum Gasteiger partial charge on any atom is 0.418 e. The second-order valence-electron chi connectivity index (χ2n) is 6.36. The first-order valence-electron chi connectivity index (χ1n) is 8.55. The topological polar surface area (TPSA) is 91.9 Å². The number of benzene rings is 1. The highest BCUT2D eigenvalue weighted by molar-refractivity contribution is 6.33. The van der Waals surface area contributed by atoms with Gasteiger partial charge in [-0.25, -0.2) is 9.78 Å². The summed E-state index contributed by atoms with van der Waals surface area (Å²) >= 11 is 12.3. The van der Waals surface area contributed by atoms with Gasteiger partial charge in [-0.05, 0) is 48.1 Å². The van der Waals surface area contributed by atoms with Crippen LogP contribution in [0.3, 0.4) is 0 Å². The van der Waals surface area contributed by atoms with Crippen LogP contribution < -0.4 is 10.5 Å². The van der Waals surface area contributed by atoms with Crippen LogP contribution in [0.1, 0.15) is 41.0 Å². The lowest BCUT2D eigenvalue weighted by Crippen LogP contribution is -2.14. The fraction of sp³-hybridized carbons (Fsp3) is 0.316. The van der Waals surface area contributed by atoms with Crippen molar-refractivity contribution in [3.8, 4) is 11.8 Å². The van der Waals surface area contributed by atoms with E-state index in [4.69, 9.17) is 32.4 Å². The number of rotatable bonds is 4. The molecule has 1 unspecified atom stereocenters. The zero-order chi connectivity index (χ0) is 19.0. The van der Waals surface area contributed by atoms with Gasteiger partial charge in [0.25, 0.3) is 0 Å². The van der Waals surface area contributed by atoms with E-state index < -0.39 is 5.76 Å². The molecule has 0 spiro atoms. The first-order valence-corrected chi connectivity index (χ1v) is 9.46. The van der Waals surface area contributed by atoms with Crippen LogP contribution in [-0.4, -0.2) is 22.5 Å². The molecule has 0 saturated carbocycles. The van der Waals surface area contributed by atoms with E-state index in [1.807, 2.05) is 12.1 Å². The molecule has 4 rings (SSSR count). The number of fused-ring (bicyclic) bond motifs is 2. The smallest absolute Gasteiger partial charge is 0.418 e. The van der Waals surface area contributed by atoms with Gasteiger partial charge >= 0.3 is 5.76 Å². The third kappa shape index (κ3) is 3.18. The van der Waals surface area contributed by atoms with Gasteiger partial charge < -0.3 is 9.15 Å². The molecule has 27 heavy (non-hydrogen) atoms. The molecular formula is C19H15Cl2N3O3. The maximum atomic E-state index is 11.4. The molecular weight excluding hydrogens is 389 g/mol. The van der Waals surface area contributed by atoms with Gasteiger partial charge in [-0.3, -0.25) is 4.98 Å². The molecule has 1 N–H and O–H groups in total. The Morgan fingerprint density at radius 2 is 2.30 bits per heavy atom. The summed E-state index contributed by atoms with van der Waals surface area (Å²) < 4.78 is 10.8. The molecule has 3 aromatic rings. The molecule has 0 amide bonds. The molecule has 0 bridgehead atoms. The monoisotopic (exact) mass is 403 g/mol. The average molecular weight is 404 g/mol. The van der Waals surface area contributed by atoms with Crippen molar-refractivity contribution in [1.82, 2.24) is 9.97 Å². The number of nitrogens with zero attached hydrogens (tertiary/aromatic N) is 2. The number of aromatic nitrogens is 2. The highest BCUT2D eigenvalue weighted by Crippen LogP contribution is 2.44. The Labute approximate surface area is 164 Å². The molecule has 1 aliphatic rings. The summed E-state index contributed by atoms with van der Waals surface area (Å²) in [5.74, 6) is 0.186. The van der Waals surface area contributed by atoms with Gasteiger partial charge in [-0.15, -0.1) is 11.6 Å². The molecule has 8 heteroatoms. The highest BCUT2D eigenvalue weighted by Gasteiger charge is 2.28. The third-order valence-corrected chi connectivity index (χ3v) is 5.35. The molecule has 1 atom stereocenters. The lowest BCUT2D eigenvalue weighted by Gasteiger charge is -2.28. The summed E-state index contributed by atoms with van der Waals surface area (Å²) in [6.45, 7) is 0.283. The molecule has 1 aliphatic carbocycles. The SMILES string of the molecule is N#Cc1cc2c(c(Cl)c1OCCCl)CCCC2c1cnc2[nH]c(=O)oc2c1. The van der Waals surface area contributed by atoms with Gasteiger partial charge in [0.1, 0.15) is 12.7 Å². The van der Waals surface area contributed by atoms with Crippen molar-refractivity contribution in [2.45, 2.75) is 25.2 Å². The normalized spacial score (nSPS) is 16.1. The van der Waals surface area contributed by atoms with Crippen LogP contribution in [0.25, 0.3) is 11.2 Å². The predicted octanol–water partition coefficient (Wildman–Crippen LogP) is 4.13. The summed E-state index contributed by atoms with van der Waals surface area (Å²) in [5.41, 5.74) is 4.10. The van der Waals surface area contributed by atoms with E-state index in [0.29, 0.717) is 33.4 Å². The minimum absolute atomic E-state index is 0.0116. The Bertz CT molecular complexity index is 1110. The molecule has 138 valence electrons. The summed E-state index contributed by atoms with van der Waals surface area (Å²) in [6.07, 6.45) is 4.36. The second kappa shape index (κ2) is 7.26. The largest absolute Gasteiger partial charge is 0.489 e. The minimum Gasteiger partial charge on any atom is -0.489 e. The molecule has 6 nitrogen and oxygen atoms in total. The van der Waals surface area contributed by atoms with Crippen LogP contribution >= 0.6 is 23.2 Å². The number of H-pyrrole nitrogens is 1. The summed E-state index contributed by atoms with van der Waals surface area (Å²) in [5, 5.41) is 10.0. The standard InChI is InChI=1S/C19H15Cl2N3O3/c20-4-5-26-17-10(8-22)6-14-12(2-1-3-13(14)16(17)21)11-7-15-18(23-9-11)24-19(25)27-15/h6-7,9,12H,1-5H2,(H,23,24,25). The number of alkyl halides is 1. The number of hydrogen-bond acceptors (Lipinski definition) is 5. The molecule has 0 saturated heterocycles. The third-order valence-electron chi connectivity index (χ3n) is 4.80. The molecule has 1 aromatic carbocycles. The van der Waals surface area contributed by atoms with Crippen molar-refractivity contribution >= 4 is 34.4 Å². The lowest BCUT2D eigenvalue weighted by atomic mass is 9.78. The fourth-order valence-electron chi connectivity index (χ4n) is 3.65. The van der Waals surface area contributed by atoms with Gasteiger partial charge in [0.05, 0.1) is 16.5 Å². The Kier molecular flexibility index (Phi) is 4.81. The van der Waals surface area contributed by atoms with Crippen LogP contribution in [0, 0.1) is 11.3 Å². The highest BCUT2D eigenvalue weighted by atomic mass is 35.5. The molecule has 0 fully saturated rings. The summed E-state index contributed by atoms with van der Waals surface area (Å²) in [6, 6.07) is 5.82. The second-order valence-corrected chi connectivity index (χ2v) is 7.11. The number of nitriles is 1. The van der Waals surface area contributed by atoms with Crippen molar-refractivity contribution in [2.24, 2.45) is 0 Å². The number of pyridine rings is 1. The number of aromatic amines is 1. The van der Waals surface area contributed by atoms with E-state index in [-0.39, 0.29) is 12.5 Å². The quantitative estimate of drug-likeness (QED) is 0.661. The van der Waals surface area contributed by atoms with Gasteiger partial charge in [-0.1, -0.05) is 11.6 Å². The Balaban J connectivity index is 1.83. The van der Waals surface area contributed by atoms with Crippen molar-refractivity contribution in [1.29, 1.82) is 5.26 Å². The first-order chi connectivity index (χ1) is 13.1. The van der Waals surface area contributed by atoms with Gasteiger partial charge in [0.15, 0.2) is 17.0 Å². The van der Waals surface area contributed by atoms with Crippen molar-refractivity contribution in [3.05, 3.63) is 56.2 Å². The zero-order valence-electron chi connectivity index (χ0n) is 14.2. The lowest BCUT2D eigenvalue weighted by molar-refractivity contribution is 0.341. The number of halogens is 2. The number of ether oxygens (including phenoxy) is 1. The number of nitrogens with one attached hydrogen (secondary N) is 1. The minimum atomic E-state index is -0.533. The van der Waals surface area contributed by atoms with E-state index in [2.05, 4.69) is 16.0 Å². The van der Waals surface area contributed by atoms with Gasteiger partial charge in [-0.2, -0.15) is 5.26 Å². The number of oxazole rings is 1. The van der Waals surface area contributed by atoms with Gasteiger partial charge in [0.2, 0.25) is 0 Å². The van der Waals surface area contributed by atoms with Gasteiger partial charge in [0, 0.05) is 12.1 Å². The predicted molar refractivity (Wildman–Crippen MR) is 102 cm³/mol. The summed E-state index contributed by atoms with van der Waals surface area (Å²) in [4.78, 5) is 18.2. The Morgan fingerprint density at radius 1 is 1.44 bits per heavy atom. The molecule has 0 aliphatic heterocycles.